The van der Waals surface area contributed by atoms with Crippen LogP contribution in [0.25, 0.3) is 0 Å². The second-order valence-electron chi connectivity index (χ2n) is 4.94. The SMILES string of the molecule is CCCN(CC1CCCC1N)C(C)C. The summed E-state index contributed by atoms with van der Waals surface area (Å²) in [4.78, 5) is 2.58. The van der Waals surface area contributed by atoms with Crippen molar-refractivity contribution < 1.29 is 0 Å². The van der Waals surface area contributed by atoms with Crippen molar-refractivity contribution in [1.82, 2.24) is 4.90 Å². The molecule has 2 unspecified atom stereocenters. The van der Waals surface area contributed by atoms with Gasteiger partial charge in [-0.05, 0) is 45.6 Å². The van der Waals surface area contributed by atoms with Crippen LogP contribution in [0, 0.1) is 5.92 Å². The van der Waals surface area contributed by atoms with Gasteiger partial charge in [0.05, 0.1) is 0 Å². The molecule has 0 aromatic heterocycles. The van der Waals surface area contributed by atoms with E-state index in [1.54, 1.807) is 0 Å². The highest BCUT2D eigenvalue weighted by atomic mass is 15.1. The Balaban J connectivity index is 2.37. The van der Waals surface area contributed by atoms with Crippen molar-refractivity contribution in [1.29, 1.82) is 0 Å². The number of hydrogen-bond donors (Lipinski definition) is 1. The lowest BCUT2D eigenvalue weighted by Gasteiger charge is -2.30. The predicted molar refractivity (Wildman–Crippen MR) is 62.3 cm³/mol. The molecule has 0 radical (unpaired) electrons. The van der Waals surface area contributed by atoms with Crippen LogP contribution >= 0.6 is 0 Å². The van der Waals surface area contributed by atoms with E-state index in [1.807, 2.05) is 0 Å². The minimum absolute atomic E-state index is 0.466. The van der Waals surface area contributed by atoms with Crippen molar-refractivity contribution in [2.24, 2.45) is 11.7 Å². The van der Waals surface area contributed by atoms with Crippen LogP contribution in [0.5, 0.6) is 0 Å². The normalized spacial score (nSPS) is 27.9. The molecule has 14 heavy (non-hydrogen) atoms. The second-order valence-corrected chi connectivity index (χ2v) is 4.94. The molecule has 0 heterocycles. The van der Waals surface area contributed by atoms with Crippen LogP contribution in [0.4, 0.5) is 0 Å². The number of rotatable bonds is 5. The first-order valence-corrected chi connectivity index (χ1v) is 6.14. The first-order valence-electron chi connectivity index (χ1n) is 6.14. The Bertz CT molecular complexity index is 156. The van der Waals surface area contributed by atoms with Crippen molar-refractivity contribution in [3.8, 4) is 0 Å². The van der Waals surface area contributed by atoms with Gasteiger partial charge in [0.1, 0.15) is 0 Å². The molecule has 2 heteroatoms. The molecule has 0 saturated heterocycles. The molecule has 1 saturated carbocycles. The van der Waals surface area contributed by atoms with Gasteiger partial charge in [0.25, 0.3) is 0 Å². The predicted octanol–water partition coefficient (Wildman–Crippen LogP) is 2.23. The van der Waals surface area contributed by atoms with E-state index in [0.29, 0.717) is 12.1 Å². The molecule has 0 amide bonds. The Morgan fingerprint density at radius 2 is 2.07 bits per heavy atom. The zero-order chi connectivity index (χ0) is 10.6. The molecule has 84 valence electrons. The van der Waals surface area contributed by atoms with E-state index in [9.17, 15) is 0 Å². The zero-order valence-electron chi connectivity index (χ0n) is 10.00. The van der Waals surface area contributed by atoms with Crippen LogP contribution in [0.15, 0.2) is 0 Å². The van der Waals surface area contributed by atoms with Gasteiger partial charge < -0.3 is 10.6 Å². The second kappa shape index (κ2) is 5.72. The molecule has 0 aromatic carbocycles. The summed E-state index contributed by atoms with van der Waals surface area (Å²) < 4.78 is 0. The van der Waals surface area contributed by atoms with Crippen LogP contribution < -0.4 is 5.73 Å². The molecular weight excluding hydrogens is 172 g/mol. The smallest absolute Gasteiger partial charge is 0.00793 e. The topological polar surface area (TPSA) is 29.3 Å². The van der Waals surface area contributed by atoms with E-state index in [2.05, 4.69) is 25.7 Å². The van der Waals surface area contributed by atoms with Gasteiger partial charge in [0.2, 0.25) is 0 Å². The van der Waals surface area contributed by atoms with E-state index in [4.69, 9.17) is 5.73 Å². The summed E-state index contributed by atoms with van der Waals surface area (Å²) in [6.07, 6.45) is 5.17. The fraction of sp³-hybridized carbons (Fsp3) is 1.00. The summed E-state index contributed by atoms with van der Waals surface area (Å²) in [7, 11) is 0. The zero-order valence-corrected chi connectivity index (χ0v) is 10.00. The third-order valence-electron chi connectivity index (χ3n) is 3.43. The fourth-order valence-corrected chi connectivity index (χ4v) is 2.44. The van der Waals surface area contributed by atoms with Crippen molar-refractivity contribution in [2.75, 3.05) is 13.1 Å². The van der Waals surface area contributed by atoms with E-state index < -0.39 is 0 Å². The minimum Gasteiger partial charge on any atom is -0.327 e. The molecule has 2 N–H and O–H groups in total. The van der Waals surface area contributed by atoms with Gasteiger partial charge in [-0.1, -0.05) is 13.3 Å². The third kappa shape index (κ3) is 3.25. The van der Waals surface area contributed by atoms with Crippen molar-refractivity contribution in [2.45, 2.75) is 58.5 Å². The first kappa shape index (κ1) is 12.0. The van der Waals surface area contributed by atoms with Gasteiger partial charge >= 0.3 is 0 Å². The van der Waals surface area contributed by atoms with Crippen molar-refractivity contribution >= 4 is 0 Å². The Hall–Kier alpha value is -0.0800. The molecule has 1 rings (SSSR count). The lowest BCUT2D eigenvalue weighted by atomic mass is 10.0. The highest BCUT2D eigenvalue weighted by molar-refractivity contribution is 4.83. The van der Waals surface area contributed by atoms with Crippen molar-refractivity contribution in [3.05, 3.63) is 0 Å². The molecular formula is C12H26N2. The molecule has 0 bridgehead atoms. The summed E-state index contributed by atoms with van der Waals surface area (Å²) in [5, 5.41) is 0. The summed E-state index contributed by atoms with van der Waals surface area (Å²) in [6, 6.07) is 1.14. The molecule has 1 fully saturated rings. The maximum atomic E-state index is 6.10. The van der Waals surface area contributed by atoms with Crippen LogP contribution in [0.2, 0.25) is 0 Å². The minimum atomic E-state index is 0.466. The Morgan fingerprint density at radius 3 is 2.50 bits per heavy atom. The number of nitrogens with two attached hydrogens (primary N) is 1. The first-order chi connectivity index (χ1) is 6.65. The van der Waals surface area contributed by atoms with Gasteiger partial charge in [0, 0.05) is 18.6 Å². The van der Waals surface area contributed by atoms with E-state index in [-0.39, 0.29) is 0 Å². The average molecular weight is 198 g/mol. The molecule has 0 aromatic rings. The fourth-order valence-electron chi connectivity index (χ4n) is 2.44. The van der Waals surface area contributed by atoms with E-state index in [0.717, 1.165) is 5.92 Å². The Labute approximate surface area is 88.8 Å². The van der Waals surface area contributed by atoms with Crippen LogP contribution in [0.3, 0.4) is 0 Å². The highest BCUT2D eigenvalue weighted by Gasteiger charge is 2.26. The monoisotopic (exact) mass is 198 g/mol. The van der Waals surface area contributed by atoms with E-state index in [1.165, 1.54) is 38.8 Å². The summed E-state index contributed by atoms with van der Waals surface area (Å²) in [5.41, 5.74) is 6.10. The maximum Gasteiger partial charge on any atom is 0.00793 e. The van der Waals surface area contributed by atoms with Crippen LogP contribution in [-0.2, 0) is 0 Å². The Morgan fingerprint density at radius 1 is 1.36 bits per heavy atom. The Kier molecular flexibility index (Phi) is 4.90. The van der Waals surface area contributed by atoms with Crippen LogP contribution in [-0.4, -0.2) is 30.1 Å². The van der Waals surface area contributed by atoms with Gasteiger partial charge in [-0.25, -0.2) is 0 Å². The third-order valence-corrected chi connectivity index (χ3v) is 3.43. The molecule has 0 spiro atoms. The summed E-state index contributed by atoms with van der Waals surface area (Å²) in [5.74, 6) is 0.754. The average Bonchev–Trinajstić information content (AvgIpc) is 2.51. The van der Waals surface area contributed by atoms with Gasteiger partial charge in [-0.3, -0.25) is 0 Å². The largest absolute Gasteiger partial charge is 0.327 e. The van der Waals surface area contributed by atoms with E-state index >= 15 is 0 Å². The molecule has 1 aliphatic rings. The lowest BCUT2D eigenvalue weighted by Crippen LogP contribution is -2.40. The molecule has 2 atom stereocenters. The van der Waals surface area contributed by atoms with Gasteiger partial charge in [-0.15, -0.1) is 0 Å². The summed E-state index contributed by atoms with van der Waals surface area (Å²) in [6.45, 7) is 9.27. The summed E-state index contributed by atoms with van der Waals surface area (Å²) >= 11 is 0. The molecule has 2 nitrogen and oxygen atoms in total. The maximum absolute atomic E-state index is 6.10. The van der Waals surface area contributed by atoms with Gasteiger partial charge in [-0.2, -0.15) is 0 Å². The quantitative estimate of drug-likeness (QED) is 0.734. The number of hydrogen-bond acceptors (Lipinski definition) is 2. The van der Waals surface area contributed by atoms with Crippen molar-refractivity contribution in [3.63, 3.8) is 0 Å². The molecule has 1 aliphatic carbocycles. The van der Waals surface area contributed by atoms with Crippen LogP contribution in [0.1, 0.15) is 46.5 Å². The highest BCUT2D eigenvalue weighted by Crippen LogP contribution is 2.25. The number of nitrogens with zero attached hydrogens (tertiary/aromatic N) is 1. The lowest BCUT2D eigenvalue weighted by molar-refractivity contribution is 0.182. The molecule has 0 aliphatic heterocycles. The van der Waals surface area contributed by atoms with Gasteiger partial charge in [0.15, 0.2) is 0 Å². The standard InChI is InChI=1S/C12H26N2/c1-4-8-14(10(2)3)9-11-6-5-7-12(11)13/h10-12H,4-9,13H2,1-3H3.